The number of benzene rings is 2. The van der Waals surface area contributed by atoms with Crippen molar-refractivity contribution in [2.75, 3.05) is 13.1 Å². The van der Waals surface area contributed by atoms with Gasteiger partial charge in [0.2, 0.25) is 21.8 Å². The van der Waals surface area contributed by atoms with E-state index < -0.39 is 15.8 Å². The van der Waals surface area contributed by atoms with Gasteiger partial charge in [-0.05, 0) is 61.1 Å². The van der Waals surface area contributed by atoms with E-state index in [9.17, 15) is 17.2 Å². The molecule has 1 aliphatic carbocycles. The topological polar surface area (TPSA) is 76.3 Å². The third kappa shape index (κ3) is 3.31. The molecule has 0 radical (unpaired) electrons. The fraction of sp³-hybridized carbons (Fsp3) is 0.333. The Balaban J connectivity index is 1.28. The van der Waals surface area contributed by atoms with Gasteiger partial charge in [0.25, 0.3) is 0 Å². The molecule has 1 saturated carbocycles. The molecule has 1 saturated heterocycles. The van der Waals surface area contributed by atoms with E-state index in [2.05, 4.69) is 10.2 Å². The van der Waals surface area contributed by atoms with Crippen molar-refractivity contribution in [2.45, 2.75) is 30.1 Å². The van der Waals surface area contributed by atoms with Crippen LogP contribution >= 0.6 is 0 Å². The van der Waals surface area contributed by atoms with Crippen LogP contribution in [-0.2, 0) is 10.0 Å². The van der Waals surface area contributed by atoms with Crippen molar-refractivity contribution in [3.05, 3.63) is 66.1 Å². The Morgan fingerprint density at radius 2 is 1.70 bits per heavy atom. The van der Waals surface area contributed by atoms with Crippen LogP contribution in [0.2, 0.25) is 0 Å². The second kappa shape index (κ2) is 6.95. The van der Waals surface area contributed by atoms with Crippen molar-refractivity contribution in [1.29, 1.82) is 0 Å². The fourth-order valence-electron chi connectivity index (χ4n) is 4.31. The van der Waals surface area contributed by atoms with Gasteiger partial charge < -0.3 is 4.42 Å². The van der Waals surface area contributed by atoms with Crippen LogP contribution in [0.4, 0.5) is 8.78 Å². The van der Waals surface area contributed by atoms with E-state index in [1.807, 2.05) is 0 Å². The quantitative estimate of drug-likeness (QED) is 0.625. The van der Waals surface area contributed by atoms with Crippen molar-refractivity contribution in [1.82, 2.24) is 14.5 Å². The molecule has 1 atom stereocenters. The molecule has 3 aromatic rings. The number of hydrogen-bond acceptors (Lipinski definition) is 5. The summed E-state index contributed by atoms with van der Waals surface area (Å²) in [5.74, 6) is -0.0842. The second-order valence-corrected chi connectivity index (χ2v) is 9.87. The van der Waals surface area contributed by atoms with Crippen LogP contribution in [0.3, 0.4) is 0 Å². The summed E-state index contributed by atoms with van der Waals surface area (Å²) in [7, 11) is -3.72. The molecule has 30 heavy (non-hydrogen) atoms. The SMILES string of the molecule is O=S(=O)(c1cccc(F)c1)N1CCC2(CC1)CC2c1nnc(-c2cccc(F)c2)o1. The third-order valence-corrected chi connectivity index (χ3v) is 8.05. The van der Waals surface area contributed by atoms with Gasteiger partial charge in [-0.25, -0.2) is 17.2 Å². The molecule has 6 nitrogen and oxygen atoms in total. The van der Waals surface area contributed by atoms with Crippen LogP contribution in [0.15, 0.2) is 57.8 Å². The van der Waals surface area contributed by atoms with Crippen LogP contribution in [0.1, 0.15) is 31.1 Å². The van der Waals surface area contributed by atoms with Gasteiger partial charge in [-0.2, -0.15) is 4.31 Å². The lowest BCUT2D eigenvalue weighted by atomic mass is 9.92. The maximum Gasteiger partial charge on any atom is 0.247 e. The number of halogens is 2. The van der Waals surface area contributed by atoms with Crippen molar-refractivity contribution in [2.24, 2.45) is 5.41 Å². The van der Waals surface area contributed by atoms with E-state index in [-0.39, 0.29) is 27.9 Å². The average molecular weight is 431 g/mol. The Kier molecular flexibility index (Phi) is 4.48. The van der Waals surface area contributed by atoms with Crippen molar-refractivity contribution in [3.8, 4) is 11.5 Å². The molecule has 2 aliphatic rings. The fourth-order valence-corrected chi connectivity index (χ4v) is 5.78. The summed E-state index contributed by atoms with van der Waals surface area (Å²) in [5.41, 5.74) is 0.471. The number of aromatic nitrogens is 2. The van der Waals surface area contributed by atoms with Crippen molar-refractivity contribution < 1.29 is 21.6 Å². The summed E-state index contributed by atoms with van der Waals surface area (Å²) in [4.78, 5) is -0.0255. The molecule has 156 valence electrons. The van der Waals surface area contributed by atoms with Crippen LogP contribution < -0.4 is 0 Å². The summed E-state index contributed by atoms with van der Waals surface area (Å²) in [5, 5.41) is 8.19. The smallest absolute Gasteiger partial charge is 0.247 e. The molecule has 1 aromatic heterocycles. The lowest BCUT2D eigenvalue weighted by molar-refractivity contribution is 0.246. The summed E-state index contributed by atoms with van der Waals surface area (Å²) in [6.07, 6.45) is 2.19. The van der Waals surface area contributed by atoms with Gasteiger partial charge in [0.15, 0.2) is 0 Å². The van der Waals surface area contributed by atoms with E-state index in [0.717, 1.165) is 12.5 Å². The summed E-state index contributed by atoms with van der Waals surface area (Å²) in [6, 6.07) is 11.1. The van der Waals surface area contributed by atoms with Gasteiger partial charge in [0, 0.05) is 24.6 Å². The van der Waals surface area contributed by atoms with Gasteiger partial charge in [0.05, 0.1) is 4.90 Å². The van der Waals surface area contributed by atoms with Crippen LogP contribution in [0.5, 0.6) is 0 Å². The summed E-state index contributed by atoms with van der Waals surface area (Å²) in [6.45, 7) is 0.723. The standard InChI is InChI=1S/C21H19F2N3O3S/c22-15-4-1-3-14(11-15)19-24-25-20(29-19)18-13-21(18)7-9-26(10-8-21)30(27,28)17-6-2-5-16(23)12-17/h1-6,11-12,18H,7-10,13H2. The van der Waals surface area contributed by atoms with E-state index in [0.29, 0.717) is 37.4 Å². The highest BCUT2D eigenvalue weighted by Gasteiger charge is 2.58. The van der Waals surface area contributed by atoms with Crippen molar-refractivity contribution >= 4 is 10.0 Å². The zero-order valence-electron chi connectivity index (χ0n) is 16.0. The van der Waals surface area contributed by atoms with E-state index in [1.54, 1.807) is 12.1 Å². The molecule has 2 heterocycles. The van der Waals surface area contributed by atoms with E-state index >= 15 is 0 Å². The monoisotopic (exact) mass is 431 g/mol. The first-order valence-corrected chi connectivity index (χ1v) is 11.2. The predicted octanol–water partition coefficient (Wildman–Crippen LogP) is 3.97. The Bertz CT molecular complexity index is 1200. The maximum absolute atomic E-state index is 13.5. The molecular formula is C21H19F2N3O3S. The number of hydrogen-bond donors (Lipinski definition) is 0. The number of piperidine rings is 1. The van der Waals surface area contributed by atoms with Crippen molar-refractivity contribution in [3.63, 3.8) is 0 Å². The Morgan fingerprint density at radius 3 is 2.40 bits per heavy atom. The molecule has 2 fully saturated rings. The van der Waals surface area contributed by atoms with Gasteiger partial charge in [-0.3, -0.25) is 0 Å². The van der Waals surface area contributed by atoms with E-state index in [1.165, 1.54) is 34.6 Å². The molecule has 0 amide bonds. The second-order valence-electron chi connectivity index (χ2n) is 7.94. The minimum atomic E-state index is -3.72. The van der Waals surface area contributed by atoms with E-state index in [4.69, 9.17) is 4.42 Å². The minimum Gasteiger partial charge on any atom is -0.420 e. The Hall–Kier alpha value is -2.65. The van der Waals surface area contributed by atoms with Gasteiger partial charge in [0.1, 0.15) is 11.6 Å². The first-order chi connectivity index (χ1) is 14.4. The molecular weight excluding hydrogens is 412 g/mol. The Labute approximate surface area is 172 Å². The normalized spacial score (nSPS) is 21.1. The molecule has 1 aliphatic heterocycles. The number of rotatable bonds is 4. The Morgan fingerprint density at radius 1 is 1.00 bits per heavy atom. The van der Waals surface area contributed by atoms with Gasteiger partial charge >= 0.3 is 0 Å². The molecule has 0 bridgehead atoms. The summed E-state index contributed by atoms with van der Waals surface area (Å²) < 4.78 is 59.7. The zero-order chi connectivity index (χ0) is 20.9. The molecule has 2 aromatic carbocycles. The zero-order valence-corrected chi connectivity index (χ0v) is 16.8. The molecule has 0 N–H and O–H groups in total. The predicted molar refractivity (Wildman–Crippen MR) is 104 cm³/mol. The highest BCUT2D eigenvalue weighted by atomic mass is 32.2. The number of nitrogens with zero attached hydrogens (tertiary/aromatic N) is 3. The van der Waals surface area contributed by atoms with Gasteiger partial charge in [-0.15, -0.1) is 10.2 Å². The van der Waals surface area contributed by atoms with Gasteiger partial charge in [-0.1, -0.05) is 12.1 Å². The van der Waals surface area contributed by atoms with Crippen LogP contribution in [-0.4, -0.2) is 36.0 Å². The average Bonchev–Trinajstić information content (AvgIpc) is 3.20. The lowest BCUT2D eigenvalue weighted by Gasteiger charge is -2.31. The number of sulfonamides is 1. The highest BCUT2D eigenvalue weighted by molar-refractivity contribution is 7.89. The maximum atomic E-state index is 13.5. The first-order valence-electron chi connectivity index (χ1n) is 9.72. The lowest BCUT2D eigenvalue weighted by Crippen LogP contribution is -2.39. The first kappa shape index (κ1) is 19.3. The third-order valence-electron chi connectivity index (χ3n) is 6.15. The van der Waals surface area contributed by atoms with Crippen LogP contribution in [0.25, 0.3) is 11.5 Å². The summed E-state index contributed by atoms with van der Waals surface area (Å²) >= 11 is 0. The van der Waals surface area contributed by atoms with Crippen LogP contribution in [0, 0.1) is 17.0 Å². The minimum absolute atomic E-state index is 0.0255. The molecule has 1 unspecified atom stereocenters. The molecule has 1 spiro atoms. The highest BCUT2D eigenvalue weighted by Crippen LogP contribution is 2.64. The molecule has 9 heteroatoms. The molecule has 5 rings (SSSR count). The largest absolute Gasteiger partial charge is 0.420 e.